The smallest absolute Gasteiger partial charge is 0.272 e. The van der Waals surface area contributed by atoms with E-state index in [0.29, 0.717) is 29.0 Å². The summed E-state index contributed by atoms with van der Waals surface area (Å²) in [7, 11) is 0. The van der Waals surface area contributed by atoms with Crippen molar-refractivity contribution < 1.29 is 9.21 Å². The Kier molecular flexibility index (Phi) is 4.76. The molecule has 7 heteroatoms. The summed E-state index contributed by atoms with van der Waals surface area (Å²) in [6.07, 6.45) is 1.62. The number of carbonyl (C=O) groups excluding carboxylic acids is 1. The lowest BCUT2D eigenvalue weighted by Crippen LogP contribution is -2.33. The van der Waals surface area contributed by atoms with Crippen molar-refractivity contribution in [2.45, 2.75) is 0 Å². The van der Waals surface area contributed by atoms with Crippen molar-refractivity contribution in [2.75, 3.05) is 26.2 Å². The average molecular weight is 385 g/mol. The van der Waals surface area contributed by atoms with Crippen LogP contribution >= 0.6 is 12.4 Å². The molecule has 0 aliphatic carbocycles. The maximum absolute atomic E-state index is 13.3. The lowest BCUT2D eigenvalue weighted by Gasteiger charge is -2.18. The number of para-hydroxylation sites is 1. The second kappa shape index (κ2) is 7.21. The third-order valence-corrected chi connectivity index (χ3v) is 5.38. The normalized spacial score (nSPS) is 21.1. The molecule has 4 heterocycles. The highest BCUT2D eigenvalue weighted by Gasteiger charge is 2.39. The Morgan fingerprint density at radius 1 is 1.07 bits per heavy atom. The molecule has 1 aromatic carbocycles. The van der Waals surface area contributed by atoms with E-state index < -0.39 is 0 Å². The molecule has 2 saturated heterocycles. The van der Waals surface area contributed by atoms with Gasteiger partial charge in [-0.3, -0.25) is 4.79 Å². The Balaban J connectivity index is 0.00000180. The number of nitrogens with one attached hydrogen (secondary N) is 1. The van der Waals surface area contributed by atoms with Gasteiger partial charge in [0.05, 0.1) is 12.0 Å². The molecular formula is C20H21ClN4O2. The molecule has 0 radical (unpaired) electrons. The standard InChI is InChI=1S/C20H20N4O2.ClH/c25-20(23-12-14-10-21-11-15(14)13-23)18-9-17(19-7-4-8-26-19)22-24(18)16-5-2-1-3-6-16;/h1-9,14-15,21H,10-13H2;1H/t14-,15+;. The molecule has 0 unspecified atom stereocenters. The fourth-order valence-corrected chi connectivity index (χ4v) is 4.03. The Bertz CT molecular complexity index is 911. The monoisotopic (exact) mass is 384 g/mol. The van der Waals surface area contributed by atoms with Crippen molar-refractivity contribution in [2.24, 2.45) is 11.8 Å². The van der Waals surface area contributed by atoms with Crippen LogP contribution < -0.4 is 5.32 Å². The van der Waals surface area contributed by atoms with Gasteiger partial charge in [0.2, 0.25) is 0 Å². The topological polar surface area (TPSA) is 63.3 Å². The van der Waals surface area contributed by atoms with E-state index in [1.54, 1.807) is 10.9 Å². The first-order valence-electron chi connectivity index (χ1n) is 8.99. The molecular weight excluding hydrogens is 364 g/mol. The minimum atomic E-state index is 0. The second-order valence-electron chi connectivity index (χ2n) is 7.03. The minimum absolute atomic E-state index is 0. The van der Waals surface area contributed by atoms with E-state index in [2.05, 4.69) is 10.4 Å². The zero-order valence-corrected chi connectivity index (χ0v) is 15.6. The highest BCUT2D eigenvalue weighted by molar-refractivity contribution is 5.94. The summed E-state index contributed by atoms with van der Waals surface area (Å²) in [5, 5.41) is 8.07. The van der Waals surface area contributed by atoms with Gasteiger partial charge in [-0.2, -0.15) is 5.10 Å². The molecule has 140 valence electrons. The molecule has 2 aliphatic rings. The van der Waals surface area contributed by atoms with Crippen molar-refractivity contribution in [1.82, 2.24) is 20.0 Å². The van der Waals surface area contributed by atoms with E-state index in [1.807, 2.05) is 53.4 Å². The maximum atomic E-state index is 13.3. The number of amides is 1. The summed E-state index contributed by atoms with van der Waals surface area (Å²) in [5.41, 5.74) is 2.12. The summed E-state index contributed by atoms with van der Waals surface area (Å²) < 4.78 is 7.21. The summed E-state index contributed by atoms with van der Waals surface area (Å²) >= 11 is 0. The number of furan rings is 1. The molecule has 1 amide bonds. The first-order chi connectivity index (χ1) is 12.8. The molecule has 2 fully saturated rings. The molecule has 27 heavy (non-hydrogen) atoms. The van der Waals surface area contributed by atoms with Crippen molar-refractivity contribution in [3.63, 3.8) is 0 Å². The minimum Gasteiger partial charge on any atom is -0.463 e. The molecule has 0 spiro atoms. The number of nitrogens with zero attached hydrogens (tertiary/aromatic N) is 3. The largest absolute Gasteiger partial charge is 0.463 e. The Labute approximate surface area is 163 Å². The molecule has 1 N–H and O–H groups in total. The molecule has 5 rings (SSSR count). The van der Waals surface area contributed by atoms with E-state index in [1.165, 1.54) is 0 Å². The van der Waals surface area contributed by atoms with E-state index in [-0.39, 0.29) is 18.3 Å². The predicted octanol–water partition coefficient (Wildman–Crippen LogP) is 2.85. The number of likely N-dealkylation sites (tertiary alicyclic amines) is 1. The zero-order chi connectivity index (χ0) is 17.5. The summed E-state index contributed by atoms with van der Waals surface area (Å²) in [5.74, 6) is 1.83. The molecule has 3 aromatic rings. The van der Waals surface area contributed by atoms with Crippen molar-refractivity contribution in [1.29, 1.82) is 0 Å². The summed E-state index contributed by atoms with van der Waals surface area (Å²) in [6.45, 7) is 3.63. The quantitative estimate of drug-likeness (QED) is 0.754. The van der Waals surface area contributed by atoms with Gasteiger partial charge in [0.15, 0.2) is 5.76 Å². The van der Waals surface area contributed by atoms with E-state index in [0.717, 1.165) is 31.9 Å². The van der Waals surface area contributed by atoms with Crippen LogP contribution in [0.4, 0.5) is 0 Å². The number of halogens is 1. The van der Waals surface area contributed by atoms with Gasteiger partial charge in [-0.05, 0) is 36.1 Å². The predicted molar refractivity (Wildman–Crippen MR) is 104 cm³/mol. The first-order valence-corrected chi connectivity index (χ1v) is 8.99. The third-order valence-electron chi connectivity index (χ3n) is 5.38. The number of hydrogen-bond acceptors (Lipinski definition) is 4. The fraction of sp³-hybridized carbons (Fsp3) is 0.300. The number of carbonyl (C=O) groups is 1. The highest BCUT2D eigenvalue weighted by Crippen LogP contribution is 2.29. The van der Waals surface area contributed by atoms with Crippen LogP contribution in [0.15, 0.2) is 59.2 Å². The highest BCUT2D eigenvalue weighted by atomic mass is 35.5. The molecule has 2 aromatic heterocycles. The van der Waals surface area contributed by atoms with Crippen LogP contribution in [0.5, 0.6) is 0 Å². The average Bonchev–Trinajstić information content (AvgIpc) is 3.44. The van der Waals surface area contributed by atoms with Crippen LogP contribution in [0.25, 0.3) is 17.1 Å². The molecule has 0 bridgehead atoms. The van der Waals surface area contributed by atoms with Crippen molar-refractivity contribution in [3.8, 4) is 17.1 Å². The number of rotatable bonds is 3. The SMILES string of the molecule is Cl.O=C(c1cc(-c2ccco2)nn1-c1ccccc1)N1C[C@H]2CNC[C@H]2C1. The Morgan fingerprint density at radius 3 is 2.48 bits per heavy atom. The van der Waals surface area contributed by atoms with E-state index >= 15 is 0 Å². The van der Waals surface area contributed by atoms with Crippen molar-refractivity contribution >= 4 is 18.3 Å². The lowest BCUT2D eigenvalue weighted by atomic mass is 10.0. The van der Waals surface area contributed by atoms with Gasteiger partial charge in [-0.15, -0.1) is 12.4 Å². The molecule has 6 nitrogen and oxygen atoms in total. The van der Waals surface area contributed by atoms with Crippen molar-refractivity contribution in [3.05, 3.63) is 60.5 Å². The lowest BCUT2D eigenvalue weighted by molar-refractivity contribution is 0.0772. The van der Waals surface area contributed by atoms with Gasteiger partial charge in [-0.25, -0.2) is 4.68 Å². The summed E-state index contributed by atoms with van der Waals surface area (Å²) in [4.78, 5) is 15.2. The van der Waals surface area contributed by atoms with Crippen LogP contribution in [0.2, 0.25) is 0 Å². The second-order valence-corrected chi connectivity index (χ2v) is 7.03. The molecule has 2 atom stereocenters. The van der Waals surface area contributed by atoms with Gasteiger partial charge < -0.3 is 14.6 Å². The number of fused-ring (bicyclic) bond motifs is 1. The van der Waals surface area contributed by atoms with E-state index in [9.17, 15) is 4.79 Å². The van der Waals surface area contributed by atoms with Gasteiger partial charge in [0, 0.05) is 32.2 Å². The van der Waals surface area contributed by atoms with Crippen LogP contribution in [0, 0.1) is 11.8 Å². The third kappa shape index (κ3) is 3.15. The van der Waals surface area contributed by atoms with Gasteiger partial charge in [0.25, 0.3) is 5.91 Å². The van der Waals surface area contributed by atoms with Gasteiger partial charge in [-0.1, -0.05) is 18.2 Å². The van der Waals surface area contributed by atoms with Crippen LogP contribution in [-0.2, 0) is 0 Å². The zero-order valence-electron chi connectivity index (χ0n) is 14.7. The van der Waals surface area contributed by atoms with Crippen LogP contribution in [-0.4, -0.2) is 46.8 Å². The maximum Gasteiger partial charge on any atom is 0.272 e. The van der Waals surface area contributed by atoms with Gasteiger partial charge in [0.1, 0.15) is 11.4 Å². The molecule has 2 aliphatic heterocycles. The van der Waals surface area contributed by atoms with E-state index in [4.69, 9.17) is 4.42 Å². The van der Waals surface area contributed by atoms with Crippen LogP contribution in [0.1, 0.15) is 10.5 Å². The number of hydrogen-bond donors (Lipinski definition) is 1. The van der Waals surface area contributed by atoms with Crippen LogP contribution in [0.3, 0.4) is 0 Å². The van der Waals surface area contributed by atoms with Gasteiger partial charge >= 0.3 is 0 Å². The summed E-state index contributed by atoms with van der Waals surface area (Å²) in [6, 6.07) is 15.3. The number of benzene rings is 1. The Morgan fingerprint density at radius 2 is 1.81 bits per heavy atom. The first kappa shape index (κ1) is 17.8. The fourth-order valence-electron chi connectivity index (χ4n) is 4.03. The molecule has 0 saturated carbocycles. The Hall–Kier alpha value is -2.57. The number of aromatic nitrogens is 2.